The fourth-order valence-corrected chi connectivity index (χ4v) is 4.56. The van der Waals surface area contributed by atoms with E-state index in [9.17, 15) is 4.79 Å². The number of aromatic nitrogens is 4. The number of tetrazole rings is 1. The second-order valence-corrected chi connectivity index (χ2v) is 9.47. The van der Waals surface area contributed by atoms with Crippen LogP contribution in [-0.4, -0.2) is 39.4 Å². The van der Waals surface area contributed by atoms with Crippen molar-refractivity contribution in [2.75, 3.05) is 18.5 Å². The molecule has 1 unspecified atom stereocenters. The summed E-state index contributed by atoms with van der Waals surface area (Å²) in [6.45, 7) is 6.84. The molecule has 2 aromatic carbocycles. The van der Waals surface area contributed by atoms with E-state index in [1.165, 1.54) is 0 Å². The molecule has 9 nitrogen and oxygen atoms in total. The number of carbonyl (C=O) groups excluding carboxylic acids is 1. The standard InChI is InChI=1S/C25H27BrClN5O4/c1-4-6-11-35-24(33)21-15(3)28-25-29-30-31-32(25)22(21)17-12-19(26)23(20(13-17)34-5-2)36-14-16-7-9-18(27)10-8-16/h7-10,12-13,22H,4-6,11,14H2,1-3H3,(H,28,29,31). The Morgan fingerprint density at radius 2 is 1.97 bits per heavy atom. The number of ether oxygens (including phenoxy) is 3. The maximum absolute atomic E-state index is 13.2. The van der Waals surface area contributed by atoms with E-state index in [2.05, 4.69) is 36.8 Å². The Hall–Kier alpha value is -3.11. The Bertz CT molecular complexity index is 1260. The molecule has 36 heavy (non-hydrogen) atoms. The number of carbonyl (C=O) groups is 1. The van der Waals surface area contributed by atoms with E-state index in [0.29, 0.717) is 58.0 Å². The third-order valence-corrected chi connectivity index (χ3v) is 6.45. The van der Waals surface area contributed by atoms with Gasteiger partial charge >= 0.3 is 5.97 Å². The molecule has 1 aliphatic rings. The van der Waals surface area contributed by atoms with Crippen LogP contribution >= 0.6 is 27.5 Å². The lowest BCUT2D eigenvalue weighted by atomic mass is 9.95. The third-order valence-electron chi connectivity index (χ3n) is 5.61. The number of halogens is 2. The molecular formula is C25H27BrClN5O4. The zero-order valence-electron chi connectivity index (χ0n) is 20.3. The third kappa shape index (κ3) is 5.65. The SMILES string of the molecule is CCCCOC(=O)C1=C(C)Nc2nnnn2C1c1cc(Br)c(OCc2ccc(Cl)cc2)c(OCC)c1. The first-order chi connectivity index (χ1) is 17.4. The molecule has 1 aromatic heterocycles. The van der Waals surface area contributed by atoms with Crippen LogP contribution < -0.4 is 14.8 Å². The average Bonchev–Trinajstić information content (AvgIpc) is 3.32. The van der Waals surface area contributed by atoms with Gasteiger partial charge in [-0.25, -0.2) is 4.79 Å². The summed E-state index contributed by atoms with van der Waals surface area (Å²) in [6.07, 6.45) is 1.71. The summed E-state index contributed by atoms with van der Waals surface area (Å²) >= 11 is 9.63. The zero-order chi connectivity index (χ0) is 25.7. The highest BCUT2D eigenvalue weighted by atomic mass is 79.9. The van der Waals surface area contributed by atoms with Crippen molar-refractivity contribution < 1.29 is 19.0 Å². The first-order valence-electron chi connectivity index (χ1n) is 11.7. The molecule has 2 heterocycles. The van der Waals surface area contributed by atoms with Crippen molar-refractivity contribution in [3.05, 3.63) is 68.3 Å². The van der Waals surface area contributed by atoms with Crippen LogP contribution in [0.2, 0.25) is 5.02 Å². The van der Waals surface area contributed by atoms with Gasteiger partial charge in [0.05, 0.1) is 23.3 Å². The molecule has 11 heteroatoms. The van der Waals surface area contributed by atoms with Crippen LogP contribution in [-0.2, 0) is 16.1 Å². The topological polar surface area (TPSA) is 100 Å². The number of rotatable bonds is 10. The summed E-state index contributed by atoms with van der Waals surface area (Å²) in [5.41, 5.74) is 2.75. The average molecular weight is 577 g/mol. The van der Waals surface area contributed by atoms with Crippen LogP contribution in [0.15, 0.2) is 52.1 Å². The lowest BCUT2D eigenvalue weighted by molar-refractivity contribution is -0.139. The molecule has 4 rings (SSSR count). The number of hydrogen-bond donors (Lipinski definition) is 1. The fraction of sp³-hybridized carbons (Fsp3) is 0.360. The number of hydrogen-bond acceptors (Lipinski definition) is 8. The van der Waals surface area contributed by atoms with Crippen LogP contribution in [0.5, 0.6) is 11.5 Å². The van der Waals surface area contributed by atoms with E-state index in [1.54, 1.807) is 4.68 Å². The molecule has 1 atom stereocenters. The summed E-state index contributed by atoms with van der Waals surface area (Å²) < 4.78 is 19.9. The van der Waals surface area contributed by atoms with E-state index in [1.807, 2.05) is 57.2 Å². The highest BCUT2D eigenvalue weighted by molar-refractivity contribution is 9.10. The number of unbranched alkanes of at least 4 members (excludes halogenated alkanes) is 1. The molecule has 0 amide bonds. The zero-order valence-corrected chi connectivity index (χ0v) is 22.6. The number of benzene rings is 2. The van der Waals surface area contributed by atoms with Gasteiger partial charge in [0, 0.05) is 10.7 Å². The number of nitrogens with one attached hydrogen (secondary N) is 1. The number of esters is 1. The van der Waals surface area contributed by atoms with Gasteiger partial charge in [-0.15, -0.1) is 0 Å². The second kappa shape index (κ2) is 11.7. The first-order valence-corrected chi connectivity index (χ1v) is 12.9. The predicted octanol–water partition coefficient (Wildman–Crippen LogP) is 5.70. The molecule has 190 valence electrons. The van der Waals surface area contributed by atoms with E-state index >= 15 is 0 Å². The van der Waals surface area contributed by atoms with Crippen LogP contribution in [0.3, 0.4) is 0 Å². The van der Waals surface area contributed by atoms with Crippen molar-refractivity contribution in [3.63, 3.8) is 0 Å². The molecule has 0 spiro atoms. The van der Waals surface area contributed by atoms with E-state index < -0.39 is 12.0 Å². The smallest absolute Gasteiger partial charge is 0.338 e. The summed E-state index contributed by atoms with van der Waals surface area (Å²) in [4.78, 5) is 13.2. The Kier molecular flexibility index (Phi) is 8.48. The molecule has 0 aliphatic carbocycles. The second-order valence-electron chi connectivity index (χ2n) is 8.18. The van der Waals surface area contributed by atoms with Crippen molar-refractivity contribution in [1.82, 2.24) is 20.2 Å². The lowest BCUT2D eigenvalue weighted by Crippen LogP contribution is -2.30. The maximum atomic E-state index is 13.2. The number of allylic oxidation sites excluding steroid dienone is 1. The molecule has 0 fully saturated rings. The minimum absolute atomic E-state index is 0.327. The summed E-state index contributed by atoms with van der Waals surface area (Å²) in [5, 5.41) is 15.7. The quantitative estimate of drug-likeness (QED) is 0.242. The van der Waals surface area contributed by atoms with E-state index in [4.69, 9.17) is 25.8 Å². The van der Waals surface area contributed by atoms with Crippen LogP contribution in [0.1, 0.15) is 50.8 Å². The summed E-state index contributed by atoms with van der Waals surface area (Å²) in [5.74, 6) is 1.09. The lowest BCUT2D eigenvalue weighted by Gasteiger charge is -2.28. The molecule has 0 radical (unpaired) electrons. The van der Waals surface area contributed by atoms with Gasteiger partial charge in [-0.3, -0.25) is 0 Å². The van der Waals surface area contributed by atoms with Gasteiger partial charge in [0.2, 0.25) is 5.95 Å². The molecule has 1 aliphatic heterocycles. The molecule has 0 saturated heterocycles. The Labute approximate surface area is 222 Å². The van der Waals surface area contributed by atoms with Gasteiger partial charge in [0.1, 0.15) is 12.6 Å². The van der Waals surface area contributed by atoms with Gasteiger partial charge in [-0.1, -0.05) is 42.2 Å². The predicted molar refractivity (Wildman–Crippen MR) is 139 cm³/mol. The van der Waals surface area contributed by atoms with Crippen molar-refractivity contribution in [3.8, 4) is 11.5 Å². The van der Waals surface area contributed by atoms with Crippen molar-refractivity contribution in [1.29, 1.82) is 0 Å². The van der Waals surface area contributed by atoms with Crippen molar-refractivity contribution in [2.24, 2.45) is 0 Å². The van der Waals surface area contributed by atoms with Gasteiger partial charge < -0.3 is 19.5 Å². The van der Waals surface area contributed by atoms with Crippen molar-refractivity contribution >= 4 is 39.4 Å². The molecule has 0 bridgehead atoms. The Morgan fingerprint density at radius 1 is 1.19 bits per heavy atom. The molecule has 3 aromatic rings. The van der Waals surface area contributed by atoms with Crippen LogP contribution in [0, 0.1) is 0 Å². The highest BCUT2D eigenvalue weighted by Crippen LogP contribution is 2.43. The monoisotopic (exact) mass is 575 g/mol. The number of fused-ring (bicyclic) bond motifs is 1. The van der Waals surface area contributed by atoms with E-state index in [0.717, 1.165) is 24.0 Å². The van der Waals surface area contributed by atoms with Crippen molar-refractivity contribution in [2.45, 2.75) is 46.3 Å². The maximum Gasteiger partial charge on any atom is 0.338 e. The van der Waals surface area contributed by atoms with Gasteiger partial charge in [0.25, 0.3) is 0 Å². The normalized spacial score (nSPS) is 14.8. The van der Waals surface area contributed by atoms with Gasteiger partial charge in [-0.2, -0.15) is 4.68 Å². The highest BCUT2D eigenvalue weighted by Gasteiger charge is 2.36. The summed E-state index contributed by atoms with van der Waals surface area (Å²) in [7, 11) is 0. The number of nitrogens with zero attached hydrogens (tertiary/aromatic N) is 4. The van der Waals surface area contributed by atoms with Gasteiger partial charge in [-0.05, 0) is 82.0 Å². The number of anilines is 1. The minimum Gasteiger partial charge on any atom is -0.490 e. The molecule has 1 N–H and O–H groups in total. The van der Waals surface area contributed by atoms with Crippen LogP contribution in [0.25, 0.3) is 0 Å². The fourth-order valence-electron chi connectivity index (χ4n) is 3.86. The van der Waals surface area contributed by atoms with Crippen LogP contribution in [0.4, 0.5) is 5.95 Å². The van der Waals surface area contributed by atoms with Gasteiger partial charge in [0.15, 0.2) is 11.5 Å². The molecule has 0 saturated carbocycles. The molecular weight excluding hydrogens is 550 g/mol. The first kappa shape index (κ1) is 26.0. The largest absolute Gasteiger partial charge is 0.490 e. The minimum atomic E-state index is -0.619. The summed E-state index contributed by atoms with van der Waals surface area (Å²) in [6, 6.07) is 10.6. The van der Waals surface area contributed by atoms with E-state index in [-0.39, 0.29) is 0 Å². The Balaban J connectivity index is 1.71. The Morgan fingerprint density at radius 3 is 2.69 bits per heavy atom.